The van der Waals surface area contributed by atoms with Crippen molar-refractivity contribution in [1.82, 2.24) is 0 Å². The van der Waals surface area contributed by atoms with E-state index in [4.69, 9.17) is 4.99 Å². The number of hydrogen-bond donors (Lipinski definition) is 1. The van der Waals surface area contributed by atoms with Crippen LogP contribution in [-0.4, -0.2) is 5.84 Å². The van der Waals surface area contributed by atoms with E-state index in [2.05, 4.69) is 97.2 Å². The van der Waals surface area contributed by atoms with Gasteiger partial charge in [-0.05, 0) is 29.3 Å². The van der Waals surface area contributed by atoms with Crippen molar-refractivity contribution in [2.24, 2.45) is 4.99 Å². The molecule has 0 bridgehead atoms. The highest BCUT2D eigenvalue weighted by molar-refractivity contribution is 6.11. The second-order valence-corrected chi connectivity index (χ2v) is 7.03. The van der Waals surface area contributed by atoms with Gasteiger partial charge in [0.1, 0.15) is 11.9 Å². The van der Waals surface area contributed by atoms with E-state index in [1.165, 1.54) is 27.5 Å². The van der Waals surface area contributed by atoms with Gasteiger partial charge in [-0.3, -0.25) is 4.99 Å². The fourth-order valence-electron chi connectivity index (χ4n) is 3.79. The first-order valence-electron chi connectivity index (χ1n) is 9.28. The Hall–Kier alpha value is -3.39. The standard InChI is InChI=1S/C25H20N2/c1-17-11-13-19(14-12-17)24-23-21-10-6-5-7-18(21)15-16-22(23)26-25(27-24)20-8-3-2-4-9-20/h2-16,24H,1H3,(H,26,27). The van der Waals surface area contributed by atoms with Crippen LogP contribution in [0, 0.1) is 6.92 Å². The first kappa shape index (κ1) is 15.8. The Balaban J connectivity index is 1.75. The molecule has 1 aliphatic heterocycles. The number of fused-ring (bicyclic) bond motifs is 3. The zero-order chi connectivity index (χ0) is 18.2. The molecule has 0 amide bonds. The highest BCUT2D eigenvalue weighted by Gasteiger charge is 2.25. The van der Waals surface area contributed by atoms with Gasteiger partial charge in [-0.15, -0.1) is 0 Å². The predicted octanol–water partition coefficient (Wildman–Crippen LogP) is 6.11. The molecule has 4 aromatic rings. The molecule has 4 aromatic carbocycles. The number of aryl methyl sites for hydroxylation is 1. The van der Waals surface area contributed by atoms with Crippen LogP contribution in [0.5, 0.6) is 0 Å². The number of rotatable bonds is 2. The summed E-state index contributed by atoms with van der Waals surface area (Å²) in [5, 5.41) is 6.06. The van der Waals surface area contributed by atoms with Crippen molar-refractivity contribution in [3.8, 4) is 0 Å². The minimum absolute atomic E-state index is 0.0249. The SMILES string of the molecule is Cc1ccc(C2N=C(c3ccccc3)Nc3ccc4ccccc4c32)cc1. The summed E-state index contributed by atoms with van der Waals surface area (Å²) in [5.41, 5.74) is 5.96. The highest BCUT2D eigenvalue weighted by Crippen LogP contribution is 2.40. The second-order valence-electron chi connectivity index (χ2n) is 7.03. The number of hydrogen-bond acceptors (Lipinski definition) is 2. The highest BCUT2D eigenvalue weighted by atomic mass is 15.0. The van der Waals surface area contributed by atoms with Crippen LogP contribution in [0.25, 0.3) is 10.8 Å². The van der Waals surface area contributed by atoms with E-state index in [0.717, 1.165) is 17.1 Å². The number of amidine groups is 1. The molecule has 2 heteroatoms. The van der Waals surface area contributed by atoms with Gasteiger partial charge in [-0.25, -0.2) is 0 Å². The largest absolute Gasteiger partial charge is 0.340 e. The predicted molar refractivity (Wildman–Crippen MR) is 114 cm³/mol. The number of nitrogens with one attached hydrogen (secondary N) is 1. The lowest BCUT2D eigenvalue weighted by Gasteiger charge is -2.27. The Morgan fingerprint density at radius 2 is 1.48 bits per heavy atom. The van der Waals surface area contributed by atoms with Gasteiger partial charge in [0.25, 0.3) is 0 Å². The molecule has 1 heterocycles. The van der Waals surface area contributed by atoms with Crippen LogP contribution in [0.15, 0.2) is 96.0 Å². The van der Waals surface area contributed by atoms with Gasteiger partial charge in [-0.2, -0.15) is 0 Å². The molecule has 0 saturated carbocycles. The smallest absolute Gasteiger partial charge is 0.133 e. The van der Waals surface area contributed by atoms with Crippen LogP contribution >= 0.6 is 0 Å². The maximum absolute atomic E-state index is 5.15. The lowest BCUT2D eigenvalue weighted by Crippen LogP contribution is -2.22. The Morgan fingerprint density at radius 3 is 2.30 bits per heavy atom. The molecule has 2 nitrogen and oxygen atoms in total. The molecule has 0 saturated heterocycles. The third-order valence-corrected chi connectivity index (χ3v) is 5.20. The van der Waals surface area contributed by atoms with Crippen molar-refractivity contribution in [3.05, 3.63) is 113 Å². The second kappa shape index (κ2) is 6.40. The first-order valence-corrected chi connectivity index (χ1v) is 9.28. The summed E-state index contributed by atoms with van der Waals surface area (Å²) in [6.07, 6.45) is 0. The maximum Gasteiger partial charge on any atom is 0.133 e. The van der Waals surface area contributed by atoms with Crippen LogP contribution in [0.1, 0.15) is 28.3 Å². The summed E-state index contributed by atoms with van der Waals surface area (Å²) >= 11 is 0. The fourth-order valence-corrected chi connectivity index (χ4v) is 3.79. The van der Waals surface area contributed by atoms with Crippen molar-refractivity contribution in [3.63, 3.8) is 0 Å². The Morgan fingerprint density at radius 1 is 0.741 bits per heavy atom. The third-order valence-electron chi connectivity index (χ3n) is 5.20. The minimum Gasteiger partial charge on any atom is -0.340 e. The van der Waals surface area contributed by atoms with Gasteiger partial charge in [-0.1, -0.05) is 90.5 Å². The molecular formula is C25H20N2. The van der Waals surface area contributed by atoms with Crippen molar-refractivity contribution < 1.29 is 0 Å². The topological polar surface area (TPSA) is 24.4 Å². The Bertz CT molecular complexity index is 1140. The molecule has 0 spiro atoms. The molecule has 1 N–H and O–H groups in total. The zero-order valence-electron chi connectivity index (χ0n) is 15.2. The van der Waals surface area contributed by atoms with E-state index in [9.17, 15) is 0 Å². The summed E-state index contributed by atoms with van der Waals surface area (Å²) in [4.78, 5) is 5.15. The fraction of sp³-hybridized carbons (Fsp3) is 0.0800. The van der Waals surface area contributed by atoms with E-state index >= 15 is 0 Å². The number of aliphatic imine (C=N–C) groups is 1. The molecule has 130 valence electrons. The molecule has 0 fully saturated rings. The Labute approximate surface area is 159 Å². The number of anilines is 1. The van der Waals surface area contributed by atoms with Gasteiger partial charge < -0.3 is 5.32 Å². The summed E-state index contributed by atoms with van der Waals surface area (Å²) in [6.45, 7) is 2.12. The average Bonchev–Trinajstić information content (AvgIpc) is 2.74. The molecule has 1 unspecified atom stereocenters. The maximum atomic E-state index is 5.15. The number of benzene rings is 4. The molecule has 0 radical (unpaired) electrons. The average molecular weight is 348 g/mol. The van der Waals surface area contributed by atoms with Crippen molar-refractivity contribution in [1.29, 1.82) is 0 Å². The van der Waals surface area contributed by atoms with Gasteiger partial charge in [0.05, 0.1) is 0 Å². The lowest BCUT2D eigenvalue weighted by molar-refractivity contribution is 0.872. The molecule has 1 aliphatic rings. The van der Waals surface area contributed by atoms with Gasteiger partial charge in [0.2, 0.25) is 0 Å². The summed E-state index contributed by atoms with van der Waals surface area (Å²) in [5.74, 6) is 0.920. The van der Waals surface area contributed by atoms with E-state index in [1.54, 1.807) is 0 Å². The van der Waals surface area contributed by atoms with Crippen LogP contribution in [0.4, 0.5) is 5.69 Å². The number of nitrogens with zero attached hydrogens (tertiary/aromatic N) is 1. The van der Waals surface area contributed by atoms with Gasteiger partial charge >= 0.3 is 0 Å². The minimum atomic E-state index is -0.0249. The zero-order valence-corrected chi connectivity index (χ0v) is 15.2. The monoisotopic (exact) mass is 348 g/mol. The van der Waals surface area contributed by atoms with E-state index in [1.807, 2.05) is 6.07 Å². The first-order chi connectivity index (χ1) is 13.3. The molecule has 0 aliphatic carbocycles. The summed E-state index contributed by atoms with van der Waals surface area (Å²) in [6, 6.07) is 32.0. The van der Waals surface area contributed by atoms with Gasteiger partial charge in [0.15, 0.2) is 0 Å². The van der Waals surface area contributed by atoms with Crippen molar-refractivity contribution in [2.75, 3.05) is 5.32 Å². The van der Waals surface area contributed by atoms with Gasteiger partial charge in [0, 0.05) is 16.8 Å². The van der Waals surface area contributed by atoms with Crippen molar-refractivity contribution in [2.45, 2.75) is 13.0 Å². The molecule has 1 atom stereocenters. The van der Waals surface area contributed by atoms with Crippen molar-refractivity contribution >= 4 is 22.3 Å². The molecular weight excluding hydrogens is 328 g/mol. The van der Waals surface area contributed by atoms with Crippen LogP contribution in [0.2, 0.25) is 0 Å². The van der Waals surface area contributed by atoms with Crippen LogP contribution in [0.3, 0.4) is 0 Å². The third kappa shape index (κ3) is 2.80. The lowest BCUT2D eigenvalue weighted by atomic mass is 9.90. The summed E-state index contributed by atoms with van der Waals surface area (Å²) < 4.78 is 0. The van der Waals surface area contributed by atoms with E-state index in [0.29, 0.717) is 0 Å². The molecule has 27 heavy (non-hydrogen) atoms. The van der Waals surface area contributed by atoms with E-state index in [-0.39, 0.29) is 6.04 Å². The molecule has 5 rings (SSSR count). The summed E-state index contributed by atoms with van der Waals surface area (Å²) in [7, 11) is 0. The Kier molecular flexibility index (Phi) is 3.75. The molecule has 0 aromatic heterocycles. The van der Waals surface area contributed by atoms with Crippen LogP contribution in [-0.2, 0) is 0 Å². The quantitative estimate of drug-likeness (QED) is 0.464. The normalized spacial score (nSPS) is 15.7. The van der Waals surface area contributed by atoms with Crippen LogP contribution < -0.4 is 5.32 Å². The van der Waals surface area contributed by atoms with E-state index < -0.39 is 0 Å².